The molecular weight excluding hydrogens is 244 g/mol. The molecule has 2 atom stereocenters. The summed E-state index contributed by atoms with van der Waals surface area (Å²) in [6.45, 7) is 6.17. The molecule has 0 amide bonds. The Kier molecular flexibility index (Phi) is 5.92. The molecule has 118 valence electrons. The highest BCUT2D eigenvalue weighted by Crippen LogP contribution is 2.37. The zero-order valence-electron chi connectivity index (χ0n) is 14.3. The minimum absolute atomic E-state index is 0.590. The second kappa shape index (κ2) is 7.26. The minimum Gasteiger partial charge on any atom is -0.317 e. The summed E-state index contributed by atoms with van der Waals surface area (Å²) in [7, 11) is 4.53. The van der Waals surface area contributed by atoms with E-state index in [0.717, 1.165) is 18.0 Å². The van der Waals surface area contributed by atoms with Crippen molar-refractivity contribution < 1.29 is 0 Å². The van der Waals surface area contributed by atoms with Gasteiger partial charge in [0.05, 0.1) is 0 Å². The SMILES string of the molecule is CNC1CCCCCC1CN(C)C1CCC(C)(C)CC1. The maximum atomic E-state index is 3.59. The first-order chi connectivity index (χ1) is 9.52. The van der Waals surface area contributed by atoms with E-state index in [4.69, 9.17) is 0 Å². The minimum atomic E-state index is 0.590. The van der Waals surface area contributed by atoms with Crippen molar-refractivity contribution in [1.82, 2.24) is 10.2 Å². The first kappa shape index (κ1) is 16.3. The highest BCUT2D eigenvalue weighted by atomic mass is 15.1. The molecule has 2 aliphatic carbocycles. The summed E-state index contributed by atoms with van der Waals surface area (Å²) in [5.41, 5.74) is 0.590. The molecule has 0 aromatic carbocycles. The molecular formula is C18H36N2. The zero-order chi connectivity index (χ0) is 14.6. The summed E-state index contributed by atoms with van der Waals surface area (Å²) in [6.07, 6.45) is 12.7. The molecule has 2 nitrogen and oxygen atoms in total. The van der Waals surface area contributed by atoms with Crippen molar-refractivity contribution in [3.63, 3.8) is 0 Å². The lowest BCUT2D eigenvalue weighted by Crippen LogP contribution is -2.44. The molecule has 0 aliphatic heterocycles. The molecule has 0 heterocycles. The predicted octanol–water partition coefficient (Wildman–Crippen LogP) is 4.06. The monoisotopic (exact) mass is 280 g/mol. The van der Waals surface area contributed by atoms with E-state index >= 15 is 0 Å². The Morgan fingerprint density at radius 2 is 1.65 bits per heavy atom. The molecule has 0 saturated heterocycles. The van der Waals surface area contributed by atoms with Crippen LogP contribution in [0.3, 0.4) is 0 Å². The molecule has 0 aromatic rings. The van der Waals surface area contributed by atoms with Crippen LogP contribution in [0.1, 0.15) is 71.6 Å². The topological polar surface area (TPSA) is 15.3 Å². The van der Waals surface area contributed by atoms with Gasteiger partial charge in [0.1, 0.15) is 0 Å². The van der Waals surface area contributed by atoms with Crippen LogP contribution in [0.2, 0.25) is 0 Å². The van der Waals surface area contributed by atoms with Crippen molar-refractivity contribution in [2.24, 2.45) is 11.3 Å². The van der Waals surface area contributed by atoms with Crippen molar-refractivity contribution in [2.75, 3.05) is 20.6 Å². The normalized spacial score (nSPS) is 32.2. The number of rotatable bonds is 4. The van der Waals surface area contributed by atoms with Gasteiger partial charge in [-0.05, 0) is 64.0 Å². The van der Waals surface area contributed by atoms with E-state index in [1.807, 2.05) is 0 Å². The Balaban J connectivity index is 1.84. The lowest BCUT2D eigenvalue weighted by Gasteiger charge is -2.40. The molecule has 0 radical (unpaired) electrons. The number of nitrogens with zero attached hydrogens (tertiary/aromatic N) is 1. The molecule has 0 aromatic heterocycles. The van der Waals surface area contributed by atoms with Crippen LogP contribution in [0.4, 0.5) is 0 Å². The molecule has 2 rings (SSSR count). The van der Waals surface area contributed by atoms with Gasteiger partial charge < -0.3 is 10.2 Å². The van der Waals surface area contributed by atoms with Crippen LogP contribution in [0, 0.1) is 11.3 Å². The number of hydrogen-bond donors (Lipinski definition) is 1. The second-order valence-electron chi connectivity index (χ2n) is 8.13. The third-order valence-electron chi connectivity index (χ3n) is 5.98. The smallest absolute Gasteiger partial charge is 0.0104 e. The maximum Gasteiger partial charge on any atom is 0.0104 e. The molecule has 2 saturated carbocycles. The Hall–Kier alpha value is -0.0800. The van der Waals surface area contributed by atoms with E-state index in [-0.39, 0.29) is 0 Å². The van der Waals surface area contributed by atoms with Crippen LogP contribution in [-0.2, 0) is 0 Å². The number of nitrogens with one attached hydrogen (secondary N) is 1. The molecule has 2 aliphatic rings. The Labute approximate surface area is 126 Å². The van der Waals surface area contributed by atoms with Crippen molar-refractivity contribution in [1.29, 1.82) is 0 Å². The van der Waals surface area contributed by atoms with Crippen molar-refractivity contribution in [3.8, 4) is 0 Å². The van der Waals surface area contributed by atoms with Gasteiger partial charge in [0.2, 0.25) is 0 Å². The fourth-order valence-corrected chi connectivity index (χ4v) is 4.33. The van der Waals surface area contributed by atoms with E-state index in [0.29, 0.717) is 5.41 Å². The van der Waals surface area contributed by atoms with Gasteiger partial charge in [-0.2, -0.15) is 0 Å². The molecule has 20 heavy (non-hydrogen) atoms. The molecule has 2 fully saturated rings. The van der Waals surface area contributed by atoms with Gasteiger partial charge in [-0.3, -0.25) is 0 Å². The Morgan fingerprint density at radius 3 is 2.30 bits per heavy atom. The summed E-state index contributed by atoms with van der Waals surface area (Å²) in [5.74, 6) is 0.863. The van der Waals surface area contributed by atoms with Gasteiger partial charge in [-0.15, -0.1) is 0 Å². The standard InChI is InChI=1S/C18H36N2/c1-18(2)12-10-16(11-13-18)20(4)14-15-8-6-5-7-9-17(15)19-3/h15-17,19H,5-14H2,1-4H3. The second-order valence-corrected chi connectivity index (χ2v) is 8.13. The van der Waals surface area contributed by atoms with E-state index < -0.39 is 0 Å². The quantitative estimate of drug-likeness (QED) is 0.781. The van der Waals surface area contributed by atoms with Gasteiger partial charge in [-0.1, -0.05) is 33.1 Å². The Morgan fingerprint density at radius 1 is 1.00 bits per heavy atom. The summed E-state index contributed by atoms with van der Waals surface area (Å²) in [6, 6.07) is 1.59. The first-order valence-corrected chi connectivity index (χ1v) is 8.89. The molecule has 1 N–H and O–H groups in total. The van der Waals surface area contributed by atoms with Crippen LogP contribution >= 0.6 is 0 Å². The first-order valence-electron chi connectivity index (χ1n) is 8.89. The lowest BCUT2D eigenvalue weighted by atomic mass is 9.75. The largest absolute Gasteiger partial charge is 0.317 e. The fraction of sp³-hybridized carbons (Fsp3) is 1.00. The van der Waals surface area contributed by atoms with Gasteiger partial charge in [0.25, 0.3) is 0 Å². The Bertz CT molecular complexity index is 277. The van der Waals surface area contributed by atoms with Crippen LogP contribution in [-0.4, -0.2) is 37.6 Å². The van der Waals surface area contributed by atoms with E-state index in [1.165, 1.54) is 64.3 Å². The van der Waals surface area contributed by atoms with Gasteiger partial charge in [0, 0.05) is 18.6 Å². The van der Waals surface area contributed by atoms with Crippen LogP contribution in [0.15, 0.2) is 0 Å². The van der Waals surface area contributed by atoms with Crippen molar-refractivity contribution in [2.45, 2.75) is 83.7 Å². The van der Waals surface area contributed by atoms with Crippen molar-refractivity contribution >= 4 is 0 Å². The highest BCUT2D eigenvalue weighted by Gasteiger charge is 2.31. The third kappa shape index (κ3) is 4.46. The average molecular weight is 281 g/mol. The van der Waals surface area contributed by atoms with E-state index in [1.54, 1.807) is 0 Å². The molecule has 0 spiro atoms. The maximum absolute atomic E-state index is 3.59. The fourth-order valence-electron chi connectivity index (χ4n) is 4.33. The molecule has 2 heteroatoms. The zero-order valence-corrected chi connectivity index (χ0v) is 14.3. The predicted molar refractivity (Wildman–Crippen MR) is 88.1 cm³/mol. The van der Waals surface area contributed by atoms with Crippen LogP contribution < -0.4 is 5.32 Å². The van der Waals surface area contributed by atoms with Gasteiger partial charge in [-0.25, -0.2) is 0 Å². The van der Waals surface area contributed by atoms with Crippen molar-refractivity contribution in [3.05, 3.63) is 0 Å². The number of hydrogen-bond acceptors (Lipinski definition) is 2. The van der Waals surface area contributed by atoms with Crippen LogP contribution in [0.5, 0.6) is 0 Å². The highest BCUT2D eigenvalue weighted by molar-refractivity contribution is 4.86. The third-order valence-corrected chi connectivity index (χ3v) is 5.98. The summed E-state index contributed by atoms with van der Waals surface area (Å²) < 4.78 is 0. The average Bonchev–Trinajstić information content (AvgIpc) is 2.63. The summed E-state index contributed by atoms with van der Waals surface area (Å²) in [4.78, 5) is 2.69. The van der Waals surface area contributed by atoms with Gasteiger partial charge >= 0.3 is 0 Å². The summed E-state index contributed by atoms with van der Waals surface area (Å²) in [5, 5.41) is 3.59. The lowest BCUT2D eigenvalue weighted by molar-refractivity contribution is 0.106. The van der Waals surface area contributed by atoms with E-state index in [9.17, 15) is 0 Å². The van der Waals surface area contributed by atoms with Gasteiger partial charge in [0.15, 0.2) is 0 Å². The van der Waals surface area contributed by atoms with E-state index in [2.05, 4.69) is 38.2 Å². The molecule has 2 unspecified atom stereocenters. The van der Waals surface area contributed by atoms with Crippen LogP contribution in [0.25, 0.3) is 0 Å². The summed E-state index contributed by atoms with van der Waals surface area (Å²) >= 11 is 0. The molecule has 0 bridgehead atoms.